The lowest BCUT2D eigenvalue weighted by Gasteiger charge is -2.16. The van der Waals surface area contributed by atoms with Crippen LogP contribution in [-0.4, -0.2) is 5.11 Å². The number of hydrogen-bond acceptors (Lipinski definition) is 1. The van der Waals surface area contributed by atoms with E-state index in [4.69, 9.17) is 0 Å². The first-order valence-corrected chi connectivity index (χ1v) is 6.26. The number of aliphatic hydroxyl groups is 1. The first-order valence-electron chi connectivity index (χ1n) is 6.26. The molecule has 0 aromatic heterocycles. The SMILES string of the molecule is CCc1ccccc1C(O)c1cc(C)c(F)cc1F. The van der Waals surface area contributed by atoms with E-state index in [1.807, 2.05) is 19.1 Å². The van der Waals surface area contributed by atoms with Crippen LogP contribution >= 0.6 is 0 Å². The fourth-order valence-electron chi connectivity index (χ4n) is 2.18. The number of rotatable bonds is 3. The van der Waals surface area contributed by atoms with Crippen molar-refractivity contribution in [1.82, 2.24) is 0 Å². The molecule has 100 valence electrons. The first kappa shape index (κ1) is 13.7. The fourth-order valence-corrected chi connectivity index (χ4v) is 2.18. The van der Waals surface area contributed by atoms with Crippen LogP contribution in [0.15, 0.2) is 36.4 Å². The van der Waals surface area contributed by atoms with Crippen LogP contribution in [0.3, 0.4) is 0 Å². The molecule has 0 bridgehead atoms. The van der Waals surface area contributed by atoms with E-state index >= 15 is 0 Å². The van der Waals surface area contributed by atoms with Crippen molar-refractivity contribution in [2.24, 2.45) is 0 Å². The van der Waals surface area contributed by atoms with Crippen LogP contribution in [0.25, 0.3) is 0 Å². The van der Waals surface area contributed by atoms with Crippen LogP contribution in [0.4, 0.5) is 8.78 Å². The molecule has 2 rings (SSSR count). The number of aliphatic hydroxyl groups excluding tert-OH is 1. The van der Waals surface area contributed by atoms with Crippen LogP contribution in [0.2, 0.25) is 0 Å². The summed E-state index contributed by atoms with van der Waals surface area (Å²) in [4.78, 5) is 0. The Labute approximate surface area is 111 Å². The Hall–Kier alpha value is -1.74. The molecular formula is C16H16F2O. The predicted molar refractivity (Wildman–Crippen MR) is 71.0 cm³/mol. The molecule has 0 heterocycles. The van der Waals surface area contributed by atoms with Crippen molar-refractivity contribution < 1.29 is 13.9 Å². The van der Waals surface area contributed by atoms with Crippen LogP contribution in [0.5, 0.6) is 0 Å². The fraction of sp³-hybridized carbons (Fsp3) is 0.250. The summed E-state index contributed by atoms with van der Waals surface area (Å²) >= 11 is 0. The summed E-state index contributed by atoms with van der Waals surface area (Å²) < 4.78 is 27.1. The average Bonchev–Trinajstić information content (AvgIpc) is 2.42. The molecule has 1 unspecified atom stereocenters. The molecule has 0 spiro atoms. The minimum absolute atomic E-state index is 0.111. The van der Waals surface area contributed by atoms with E-state index in [-0.39, 0.29) is 5.56 Å². The summed E-state index contributed by atoms with van der Waals surface area (Å²) in [6, 6.07) is 9.52. The molecule has 19 heavy (non-hydrogen) atoms. The Morgan fingerprint density at radius 1 is 1.05 bits per heavy atom. The van der Waals surface area contributed by atoms with Crippen molar-refractivity contribution in [3.05, 3.63) is 70.3 Å². The highest BCUT2D eigenvalue weighted by Crippen LogP contribution is 2.28. The van der Waals surface area contributed by atoms with Gasteiger partial charge in [0.15, 0.2) is 0 Å². The highest BCUT2D eigenvalue weighted by atomic mass is 19.1. The number of hydrogen-bond donors (Lipinski definition) is 1. The molecule has 1 atom stereocenters. The van der Waals surface area contributed by atoms with Crippen molar-refractivity contribution in [1.29, 1.82) is 0 Å². The zero-order valence-corrected chi connectivity index (χ0v) is 11.0. The molecule has 0 fully saturated rings. The third kappa shape index (κ3) is 2.66. The third-order valence-electron chi connectivity index (χ3n) is 3.30. The van der Waals surface area contributed by atoms with Crippen LogP contribution in [-0.2, 0) is 6.42 Å². The van der Waals surface area contributed by atoms with Gasteiger partial charge in [-0.05, 0) is 36.1 Å². The Balaban J connectivity index is 2.50. The molecule has 1 N–H and O–H groups in total. The number of benzene rings is 2. The molecular weight excluding hydrogens is 246 g/mol. The molecule has 3 heteroatoms. The van der Waals surface area contributed by atoms with Gasteiger partial charge in [0.2, 0.25) is 0 Å². The van der Waals surface area contributed by atoms with Gasteiger partial charge in [-0.15, -0.1) is 0 Å². The van der Waals surface area contributed by atoms with Gasteiger partial charge in [-0.25, -0.2) is 8.78 Å². The molecule has 0 saturated carbocycles. The molecule has 1 nitrogen and oxygen atoms in total. The van der Waals surface area contributed by atoms with Crippen molar-refractivity contribution in [2.45, 2.75) is 26.4 Å². The minimum Gasteiger partial charge on any atom is -0.384 e. The zero-order valence-electron chi connectivity index (χ0n) is 11.0. The maximum atomic E-state index is 13.8. The normalized spacial score (nSPS) is 12.5. The second-order valence-corrected chi connectivity index (χ2v) is 4.58. The van der Waals surface area contributed by atoms with E-state index in [1.54, 1.807) is 19.1 Å². The van der Waals surface area contributed by atoms with Gasteiger partial charge in [0, 0.05) is 11.6 Å². The van der Waals surface area contributed by atoms with Gasteiger partial charge in [0.25, 0.3) is 0 Å². The second kappa shape index (κ2) is 5.49. The highest BCUT2D eigenvalue weighted by molar-refractivity contribution is 5.38. The van der Waals surface area contributed by atoms with Gasteiger partial charge in [0.05, 0.1) is 0 Å². The van der Waals surface area contributed by atoms with Gasteiger partial charge < -0.3 is 5.11 Å². The number of halogens is 2. The molecule has 0 radical (unpaired) electrons. The zero-order chi connectivity index (χ0) is 14.0. The lowest BCUT2D eigenvalue weighted by Crippen LogP contribution is -2.07. The molecule has 0 amide bonds. The van der Waals surface area contributed by atoms with Gasteiger partial charge >= 0.3 is 0 Å². The molecule has 0 aliphatic carbocycles. The van der Waals surface area contributed by atoms with Crippen LogP contribution < -0.4 is 0 Å². The number of aryl methyl sites for hydroxylation is 2. The summed E-state index contributed by atoms with van der Waals surface area (Å²) in [5, 5.41) is 10.3. The summed E-state index contributed by atoms with van der Waals surface area (Å²) in [5.74, 6) is -1.32. The Morgan fingerprint density at radius 2 is 1.74 bits per heavy atom. The van der Waals surface area contributed by atoms with Gasteiger partial charge in [-0.2, -0.15) is 0 Å². The summed E-state index contributed by atoms with van der Waals surface area (Å²) in [7, 11) is 0. The molecule has 0 aliphatic heterocycles. The standard InChI is InChI=1S/C16H16F2O/c1-3-11-6-4-5-7-12(11)16(19)13-8-10(2)14(17)9-15(13)18/h4-9,16,19H,3H2,1-2H3. The van der Waals surface area contributed by atoms with E-state index < -0.39 is 17.7 Å². The van der Waals surface area contributed by atoms with E-state index in [0.29, 0.717) is 11.1 Å². The summed E-state index contributed by atoms with van der Waals surface area (Å²) in [6.07, 6.45) is -0.329. The predicted octanol–water partition coefficient (Wildman–Crippen LogP) is 3.92. The maximum Gasteiger partial charge on any atom is 0.132 e. The van der Waals surface area contributed by atoms with E-state index in [9.17, 15) is 13.9 Å². The molecule has 0 aliphatic rings. The van der Waals surface area contributed by atoms with E-state index in [2.05, 4.69) is 0 Å². The van der Waals surface area contributed by atoms with Crippen molar-refractivity contribution in [2.75, 3.05) is 0 Å². The van der Waals surface area contributed by atoms with Crippen molar-refractivity contribution in [3.8, 4) is 0 Å². The first-order chi connectivity index (χ1) is 9.04. The van der Waals surface area contributed by atoms with Crippen molar-refractivity contribution >= 4 is 0 Å². The lowest BCUT2D eigenvalue weighted by atomic mass is 9.94. The largest absolute Gasteiger partial charge is 0.384 e. The highest BCUT2D eigenvalue weighted by Gasteiger charge is 2.18. The van der Waals surface area contributed by atoms with Gasteiger partial charge in [-0.3, -0.25) is 0 Å². The van der Waals surface area contributed by atoms with Gasteiger partial charge in [-0.1, -0.05) is 31.2 Å². The Kier molecular flexibility index (Phi) is 3.96. The van der Waals surface area contributed by atoms with E-state index in [1.165, 1.54) is 6.07 Å². The van der Waals surface area contributed by atoms with E-state index in [0.717, 1.165) is 18.1 Å². The van der Waals surface area contributed by atoms with Crippen LogP contribution in [0.1, 0.15) is 35.3 Å². The summed E-state index contributed by atoms with van der Waals surface area (Å²) in [5.41, 5.74) is 2.05. The average molecular weight is 262 g/mol. The molecule has 2 aromatic carbocycles. The molecule has 0 saturated heterocycles. The topological polar surface area (TPSA) is 20.2 Å². The summed E-state index contributed by atoms with van der Waals surface area (Å²) in [6.45, 7) is 3.52. The lowest BCUT2D eigenvalue weighted by molar-refractivity contribution is 0.213. The minimum atomic E-state index is -1.07. The monoisotopic (exact) mass is 262 g/mol. The quantitative estimate of drug-likeness (QED) is 0.889. The Bertz CT molecular complexity index is 593. The molecule has 2 aromatic rings. The Morgan fingerprint density at radius 3 is 2.42 bits per heavy atom. The third-order valence-corrected chi connectivity index (χ3v) is 3.30. The van der Waals surface area contributed by atoms with Gasteiger partial charge in [0.1, 0.15) is 17.7 Å². The van der Waals surface area contributed by atoms with Crippen molar-refractivity contribution in [3.63, 3.8) is 0 Å². The smallest absolute Gasteiger partial charge is 0.132 e. The maximum absolute atomic E-state index is 13.8. The van der Waals surface area contributed by atoms with Crippen LogP contribution in [0, 0.1) is 18.6 Å². The second-order valence-electron chi connectivity index (χ2n) is 4.58.